The van der Waals surface area contributed by atoms with Crippen LogP contribution >= 0.6 is 27.5 Å². The van der Waals surface area contributed by atoms with Crippen molar-refractivity contribution in [1.82, 2.24) is 0 Å². The first-order valence-electron chi connectivity index (χ1n) is 11.4. The molecular formula is C27H24BrClN2O5. The lowest BCUT2D eigenvalue weighted by atomic mass is 9.76. The molecule has 0 amide bonds. The Kier molecular flexibility index (Phi) is 6.81. The molecule has 3 aromatic carbocycles. The molecule has 0 saturated heterocycles. The number of fused-ring (bicyclic) bond motifs is 3. The second kappa shape index (κ2) is 10.0. The summed E-state index contributed by atoms with van der Waals surface area (Å²) in [5.41, 5.74) is 3.26. The van der Waals surface area contributed by atoms with Crippen molar-refractivity contribution in [1.29, 1.82) is 0 Å². The minimum absolute atomic E-state index is 0.0924. The molecule has 9 heteroatoms. The van der Waals surface area contributed by atoms with Gasteiger partial charge in [0.15, 0.2) is 11.5 Å². The van der Waals surface area contributed by atoms with E-state index in [1.54, 1.807) is 20.3 Å². The summed E-state index contributed by atoms with van der Waals surface area (Å²) in [5.74, 6) is 1.71. The lowest BCUT2D eigenvalue weighted by molar-refractivity contribution is -0.385. The van der Waals surface area contributed by atoms with Crippen LogP contribution in [0.4, 0.5) is 11.4 Å². The van der Waals surface area contributed by atoms with Gasteiger partial charge < -0.3 is 19.5 Å². The molecule has 3 atom stereocenters. The molecule has 1 N–H and O–H groups in total. The molecule has 2 aliphatic rings. The number of allylic oxidation sites excluding steroid dienone is 2. The van der Waals surface area contributed by atoms with E-state index in [-0.39, 0.29) is 28.5 Å². The Balaban J connectivity index is 1.52. The van der Waals surface area contributed by atoms with Crippen LogP contribution in [0.15, 0.2) is 65.2 Å². The standard InChI is InChI=1S/C27H24BrClN2O5/c1-34-22-11-10-21(31(32)33)24-17-7-5-8-18(17)25(30-26(22)24)16-12-19(28)27(23(13-16)35-2)36-14-15-6-3-4-9-20(15)29/h3-7,9-13,17-18,25,30H,8,14H2,1-2H3/t17-,18-,25-/m1/s1. The maximum Gasteiger partial charge on any atom is 0.275 e. The maximum absolute atomic E-state index is 11.8. The van der Waals surface area contributed by atoms with E-state index in [0.717, 1.165) is 22.0 Å². The number of halogens is 2. The monoisotopic (exact) mass is 570 g/mol. The highest BCUT2D eigenvalue weighted by Crippen LogP contribution is 2.55. The summed E-state index contributed by atoms with van der Waals surface area (Å²) < 4.78 is 18.1. The van der Waals surface area contributed by atoms with Crippen LogP contribution in [0.3, 0.4) is 0 Å². The van der Waals surface area contributed by atoms with E-state index in [4.69, 9.17) is 25.8 Å². The van der Waals surface area contributed by atoms with Crippen molar-refractivity contribution >= 4 is 38.9 Å². The summed E-state index contributed by atoms with van der Waals surface area (Å²) in [6.45, 7) is 0.290. The summed E-state index contributed by atoms with van der Waals surface area (Å²) in [6, 6.07) is 14.5. The van der Waals surface area contributed by atoms with Gasteiger partial charge in [-0.05, 0) is 58.1 Å². The molecule has 0 unspecified atom stereocenters. The van der Waals surface area contributed by atoms with Crippen LogP contribution in [0.2, 0.25) is 5.02 Å². The molecule has 0 saturated carbocycles. The van der Waals surface area contributed by atoms with E-state index >= 15 is 0 Å². The topological polar surface area (TPSA) is 82.9 Å². The maximum atomic E-state index is 11.8. The molecule has 0 spiro atoms. The van der Waals surface area contributed by atoms with Gasteiger partial charge in [-0.15, -0.1) is 0 Å². The number of anilines is 1. The van der Waals surface area contributed by atoms with Gasteiger partial charge in [-0.1, -0.05) is 42.0 Å². The summed E-state index contributed by atoms with van der Waals surface area (Å²) in [4.78, 5) is 11.5. The third-order valence-corrected chi connectivity index (χ3v) is 7.77. The highest BCUT2D eigenvalue weighted by Gasteiger charge is 2.43. The average molecular weight is 572 g/mol. The zero-order valence-electron chi connectivity index (χ0n) is 19.7. The number of ether oxygens (including phenoxy) is 3. The van der Waals surface area contributed by atoms with Crippen molar-refractivity contribution < 1.29 is 19.1 Å². The molecule has 0 bridgehead atoms. The Morgan fingerprint density at radius 3 is 2.64 bits per heavy atom. The number of nitro benzene ring substituents is 1. The zero-order valence-corrected chi connectivity index (χ0v) is 22.0. The normalized spacial score (nSPS) is 19.7. The molecule has 5 rings (SSSR count). The number of nitrogens with zero attached hydrogens (tertiary/aromatic N) is 1. The van der Waals surface area contributed by atoms with Crippen molar-refractivity contribution in [3.05, 3.63) is 97.0 Å². The van der Waals surface area contributed by atoms with Crippen molar-refractivity contribution in [2.75, 3.05) is 19.5 Å². The first-order chi connectivity index (χ1) is 17.4. The molecule has 1 aliphatic heterocycles. The van der Waals surface area contributed by atoms with Crippen LogP contribution in [0, 0.1) is 16.0 Å². The quantitative estimate of drug-likeness (QED) is 0.180. The number of nitrogens with one attached hydrogen (secondary N) is 1. The lowest BCUT2D eigenvalue weighted by Gasteiger charge is -2.38. The summed E-state index contributed by atoms with van der Waals surface area (Å²) in [5, 5.41) is 16.0. The Morgan fingerprint density at radius 2 is 1.92 bits per heavy atom. The van der Waals surface area contributed by atoms with Crippen molar-refractivity contribution in [2.45, 2.75) is 25.0 Å². The van der Waals surface area contributed by atoms with Gasteiger partial charge in [0, 0.05) is 22.6 Å². The Labute approximate surface area is 222 Å². The molecule has 0 radical (unpaired) electrons. The van der Waals surface area contributed by atoms with E-state index < -0.39 is 0 Å². The molecular weight excluding hydrogens is 548 g/mol. The van der Waals surface area contributed by atoms with Crippen LogP contribution in [-0.4, -0.2) is 19.1 Å². The fourth-order valence-corrected chi connectivity index (χ4v) is 5.91. The van der Waals surface area contributed by atoms with Crippen LogP contribution in [0.1, 0.15) is 35.1 Å². The second-order valence-corrected chi connectivity index (χ2v) is 9.98. The molecule has 186 valence electrons. The average Bonchev–Trinajstić information content (AvgIpc) is 3.37. The van der Waals surface area contributed by atoms with Gasteiger partial charge in [0.1, 0.15) is 12.4 Å². The minimum atomic E-state index is -0.325. The summed E-state index contributed by atoms with van der Waals surface area (Å²) >= 11 is 9.95. The van der Waals surface area contributed by atoms with Crippen molar-refractivity contribution in [3.63, 3.8) is 0 Å². The minimum Gasteiger partial charge on any atom is -0.495 e. The number of nitro groups is 1. The molecule has 1 aliphatic carbocycles. The second-order valence-electron chi connectivity index (χ2n) is 8.72. The van der Waals surface area contributed by atoms with Crippen LogP contribution in [-0.2, 0) is 6.61 Å². The molecule has 1 heterocycles. The predicted octanol–water partition coefficient (Wildman–Crippen LogP) is 7.43. The molecule has 36 heavy (non-hydrogen) atoms. The number of hydrogen-bond donors (Lipinski definition) is 1. The van der Waals surface area contributed by atoms with E-state index in [2.05, 4.69) is 33.4 Å². The zero-order chi connectivity index (χ0) is 25.4. The van der Waals surface area contributed by atoms with Crippen LogP contribution < -0.4 is 19.5 Å². The van der Waals surface area contributed by atoms with Gasteiger partial charge in [-0.25, -0.2) is 0 Å². The first kappa shape index (κ1) is 24.5. The number of benzene rings is 3. The highest BCUT2D eigenvalue weighted by molar-refractivity contribution is 9.10. The Bertz CT molecular complexity index is 1360. The number of methoxy groups -OCH3 is 2. The fraction of sp³-hybridized carbons (Fsp3) is 0.259. The van der Waals surface area contributed by atoms with Crippen LogP contribution in [0.5, 0.6) is 17.2 Å². The molecule has 7 nitrogen and oxygen atoms in total. The SMILES string of the molecule is COc1ccc([N+](=O)[O-])c2c1N[C@H](c1cc(Br)c(OCc3ccccc3Cl)c(OC)c1)[C@@H]1CC=C[C@@H]21. The predicted molar refractivity (Wildman–Crippen MR) is 142 cm³/mol. The third kappa shape index (κ3) is 4.29. The van der Waals surface area contributed by atoms with Gasteiger partial charge in [0.2, 0.25) is 0 Å². The van der Waals surface area contributed by atoms with Crippen LogP contribution in [0.25, 0.3) is 0 Å². The van der Waals surface area contributed by atoms with Gasteiger partial charge in [-0.2, -0.15) is 0 Å². The molecule has 0 aromatic heterocycles. The van der Waals surface area contributed by atoms with Gasteiger partial charge >= 0.3 is 0 Å². The van der Waals surface area contributed by atoms with Gasteiger partial charge in [0.25, 0.3) is 5.69 Å². The number of rotatable bonds is 7. The van der Waals surface area contributed by atoms with Gasteiger partial charge in [-0.3, -0.25) is 10.1 Å². The first-order valence-corrected chi connectivity index (χ1v) is 12.6. The van der Waals surface area contributed by atoms with E-state index in [1.165, 1.54) is 6.07 Å². The lowest BCUT2D eigenvalue weighted by Crippen LogP contribution is -2.30. The number of hydrogen-bond acceptors (Lipinski definition) is 6. The van der Waals surface area contributed by atoms with E-state index in [0.29, 0.717) is 40.1 Å². The van der Waals surface area contributed by atoms with E-state index in [1.807, 2.05) is 36.4 Å². The largest absolute Gasteiger partial charge is 0.495 e. The molecule has 0 fully saturated rings. The Hall–Kier alpha value is -3.23. The van der Waals surface area contributed by atoms with Crippen molar-refractivity contribution in [2.24, 2.45) is 5.92 Å². The highest BCUT2D eigenvalue weighted by atomic mass is 79.9. The van der Waals surface area contributed by atoms with Gasteiger partial charge in [0.05, 0.1) is 40.9 Å². The summed E-state index contributed by atoms with van der Waals surface area (Å²) in [6.07, 6.45) is 4.95. The molecule has 3 aromatic rings. The van der Waals surface area contributed by atoms with E-state index in [9.17, 15) is 10.1 Å². The smallest absolute Gasteiger partial charge is 0.275 e. The Morgan fingerprint density at radius 1 is 1.14 bits per heavy atom. The van der Waals surface area contributed by atoms with Crippen molar-refractivity contribution in [3.8, 4) is 17.2 Å². The third-order valence-electron chi connectivity index (χ3n) is 6.82. The summed E-state index contributed by atoms with van der Waals surface area (Å²) in [7, 11) is 3.17. The fourth-order valence-electron chi connectivity index (χ4n) is 5.15.